The van der Waals surface area contributed by atoms with Crippen molar-refractivity contribution in [2.45, 2.75) is 25.8 Å². The molecular formula is C13H17NO3. The van der Waals surface area contributed by atoms with Gasteiger partial charge in [-0.15, -0.1) is 0 Å². The molecule has 1 aliphatic heterocycles. The lowest BCUT2D eigenvalue weighted by atomic mass is 10.0. The van der Waals surface area contributed by atoms with E-state index in [0.717, 1.165) is 24.3 Å². The summed E-state index contributed by atoms with van der Waals surface area (Å²) in [6, 6.07) is 5.36. The van der Waals surface area contributed by atoms with Crippen LogP contribution in [0, 0.1) is 0 Å². The molecule has 2 N–H and O–H groups in total. The Morgan fingerprint density at radius 1 is 1.59 bits per heavy atom. The molecule has 0 fully saturated rings. The zero-order chi connectivity index (χ0) is 12.3. The monoisotopic (exact) mass is 235 g/mol. The Morgan fingerprint density at radius 3 is 3.18 bits per heavy atom. The van der Waals surface area contributed by atoms with Crippen molar-refractivity contribution < 1.29 is 14.3 Å². The fraction of sp³-hybridized carbons (Fsp3) is 0.462. The molecule has 1 aromatic rings. The average Bonchev–Trinajstić information content (AvgIpc) is 2.76. The molecule has 1 heterocycles. The van der Waals surface area contributed by atoms with Crippen LogP contribution in [0.1, 0.15) is 18.1 Å². The van der Waals surface area contributed by atoms with Gasteiger partial charge in [-0.2, -0.15) is 0 Å². The predicted octanol–water partition coefficient (Wildman–Crippen LogP) is 1.05. The molecule has 1 aliphatic rings. The Hall–Kier alpha value is -1.55. The summed E-state index contributed by atoms with van der Waals surface area (Å²) in [5, 5.41) is 0. The maximum absolute atomic E-state index is 11.4. The van der Waals surface area contributed by atoms with Crippen molar-refractivity contribution >= 4 is 5.97 Å². The molecule has 17 heavy (non-hydrogen) atoms. The van der Waals surface area contributed by atoms with E-state index in [1.54, 1.807) is 6.92 Å². The molecule has 0 unspecified atom stereocenters. The first kappa shape index (κ1) is 11.9. The number of hydrogen-bond acceptors (Lipinski definition) is 4. The van der Waals surface area contributed by atoms with Gasteiger partial charge < -0.3 is 15.2 Å². The van der Waals surface area contributed by atoms with Gasteiger partial charge in [0, 0.05) is 6.42 Å². The predicted molar refractivity (Wildman–Crippen MR) is 64.0 cm³/mol. The summed E-state index contributed by atoms with van der Waals surface area (Å²) in [5.74, 6) is 0.600. The lowest BCUT2D eigenvalue weighted by Gasteiger charge is -2.11. The average molecular weight is 235 g/mol. The summed E-state index contributed by atoms with van der Waals surface area (Å²) in [7, 11) is 0. The van der Waals surface area contributed by atoms with E-state index in [1.807, 2.05) is 12.1 Å². The smallest absolute Gasteiger partial charge is 0.323 e. The summed E-state index contributed by atoms with van der Waals surface area (Å²) < 4.78 is 10.3. The number of esters is 1. The molecule has 1 atom stereocenters. The standard InChI is InChI=1S/C13H17NO3/c1-2-16-13(15)11(14)8-9-3-4-12-10(7-9)5-6-17-12/h3-4,7,11H,2,5-6,8,14H2,1H3/t11-/m0/s1. The van der Waals surface area contributed by atoms with Crippen LogP contribution in [0.3, 0.4) is 0 Å². The van der Waals surface area contributed by atoms with Gasteiger partial charge in [-0.1, -0.05) is 12.1 Å². The fourth-order valence-electron chi connectivity index (χ4n) is 1.95. The number of rotatable bonds is 4. The number of ether oxygens (including phenoxy) is 2. The summed E-state index contributed by atoms with van der Waals surface area (Å²) in [6.45, 7) is 2.88. The minimum absolute atomic E-state index is 0.343. The van der Waals surface area contributed by atoms with Crippen LogP contribution >= 0.6 is 0 Å². The highest BCUT2D eigenvalue weighted by atomic mass is 16.5. The molecule has 0 amide bonds. The molecule has 4 heteroatoms. The summed E-state index contributed by atoms with van der Waals surface area (Å²) in [5.41, 5.74) is 8.02. The molecule has 0 saturated carbocycles. The van der Waals surface area contributed by atoms with E-state index in [2.05, 4.69) is 6.07 Å². The lowest BCUT2D eigenvalue weighted by molar-refractivity contribution is -0.144. The topological polar surface area (TPSA) is 61.5 Å². The number of nitrogens with two attached hydrogens (primary N) is 1. The van der Waals surface area contributed by atoms with Crippen molar-refractivity contribution in [3.05, 3.63) is 29.3 Å². The van der Waals surface area contributed by atoms with Crippen LogP contribution in [0.15, 0.2) is 18.2 Å². The minimum Gasteiger partial charge on any atom is -0.493 e. The Bertz CT molecular complexity index is 417. The third-order valence-corrected chi connectivity index (χ3v) is 2.80. The Labute approximate surface area is 101 Å². The van der Waals surface area contributed by atoms with Gasteiger partial charge in [-0.3, -0.25) is 4.79 Å². The van der Waals surface area contributed by atoms with Gasteiger partial charge in [-0.25, -0.2) is 0 Å². The van der Waals surface area contributed by atoms with Gasteiger partial charge in [0.05, 0.1) is 13.2 Å². The van der Waals surface area contributed by atoms with E-state index in [0.29, 0.717) is 13.0 Å². The number of carbonyl (C=O) groups excluding carboxylic acids is 1. The maximum atomic E-state index is 11.4. The van der Waals surface area contributed by atoms with E-state index < -0.39 is 6.04 Å². The highest BCUT2D eigenvalue weighted by molar-refractivity contribution is 5.75. The first-order valence-electron chi connectivity index (χ1n) is 5.87. The molecule has 0 bridgehead atoms. The van der Waals surface area contributed by atoms with Gasteiger partial charge >= 0.3 is 5.97 Å². The van der Waals surface area contributed by atoms with Crippen molar-refractivity contribution in [2.24, 2.45) is 5.73 Å². The second kappa shape index (κ2) is 5.19. The highest BCUT2D eigenvalue weighted by Crippen LogP contribution is 2.26. The first-order chi connectivity index (χ1) is 8.20. The molecule has 1 aromatic carbocycles. The molecule has 0 spiro atoms. The fourth-order valence-corrected chi connectivity index (χ4v) is 1.95. The van der Waals surface area contributed by atoms with Crippen molar-refractivity contribution in [1.82, 2.24) is 0 Å². The molecular weight excluding hydrogens is 218 g/mol. The third-order valence-electron chi connectivity index (χ3n) is 2.80. The first-order valence-corrected chi connectivity index (χ1v) is 5.87. The number of hydrogen-bond donors (Lipinski definition) is 1. The number of fused-ring (bicyclic) bond motifs is 1. The van der Waals surface area contributed by atoms with Crippen LogP contribution in [0.4, 0.5) is 0 Å². The van der Waals surface area contributed by atoms with E-state index in [9.17, 15) is 4.79 Å². The number of benzene rings is 1. The van der Waals surface area contributed by atoms with E-state index in [-0.39, 0.29) is 5.97 Å². The van der Waals surface area contributed by atoms with Crippen molar-refractivity contribution in [2.75, 3.05) is 13.2 Å². The molecule has 92 valence electrons. The normalized spacial score (nSPS) is 14.9. The summed E-state index contributed by atoms with van der Waals surface area (Å²) in [4.78, 5) is 11.4. The van der Waals surface area contributed by atoms with Crippen molar-refractivity contribution in [3.63, 3.8) is 0 Å². The summed E-state index contributed by atoms with van der Waals surface area (Å²) >= 11 is 0. The van der Waals surface area contributed by atoms with Crippen LogP contribution < -0.4 is 10.5 Å². The lowest BCUT2D eigenvalue weighted by Crippen LogP contribution is -2.34. The minimum atomic E-state index is -0.588. The van der Waals surface area contributed by atoms with E-state index >= 15 is 0 Å². The van der Waals surface area contributed by atoms with Gasteiger partial charge in [-0.05, 0) is 30.5 Å². The second-order valence-electron chi connectivity index (χ2n) is 4.10. The van der Waals surface area contributed by atoms with Crippen LogP contribution in [0.25, 0.3) is 0 Å². The summed E-state index contributed by atoms with van der Waals surface area (Å²) in [6.07, 6.45) is 1.43. The molecule has 0 saturated heterocycles. The van der Waals surface area contributed by atoms with Crippen molar-refractivity contribution in [1.29, 1.82) is 0 Å². The molecule has 2 rings (SSSR count). The maximum Gasteiger partial charge on any atom is 0.323 e. The van der Waals surface area contributed by atoms with E-state index in [4.69, 9.17) is 15.2 Å². The Kier molecular flexibility index (Phi) is 3.64. The highest BCUT2D eigenvalue weighted by Gasteiger charge is 2.17. The van der Waals surface area contributed by atoms with Crippen LogP contribution in [-0.4, -0.2) is 25.2 Å². The van der Waals surface area contributed by atoms with Crippen LogP contribution in [0.2, 0.25) is 0 Å². The van der Waals surface area contributed by atoms with Gasteiger partial charge in [0.25, 0.3) is 0 Å². The SMILES string of the molecule is CCOC(=O)[C@@H](N)Cc1ccc2c(c1)CCO2. The van der Waals surface area contributed by atoms with E-state index in [1.165, 1.54) is 5.56 Å². The van der Waals surface area contributed by atoms with Crippen LogP contribution in [-0.2, 0) is 22.4 Å². The third kappa shape index (κ3) is 2.77. The Balaban J connectivity index is 2.01. The Morgan fingerprint density at radius 2 is 2.41 bits per heavy atom. The zero-order valence-corrected chi connectivity index (χ0v) is 9.94. The van der Waals surface area contributed by atoms with Gasteiger partial charge in [0.1, 0.15) is 11.8 Å². The molecule has 4 nitrogen and oxygen atoms in total. The molecule has 0 radical (unpaired) electrons. The van der Waals surface area contributed by atoms with Crippen molar-refractivity contribution in [3.8, 4) is 5.75 Å². The van der Waals surface area contributed by atoms with Gasteiger partial charge in [0.15, 0.2) is 0 Å². The quantitative estimate of drug-likeness (QED) is 0.792. The largest absolute Gasteiger partial charge is 0.493 e. The van der Waals surface area contributed by atoms with Crippen LogP contribution in [0.5, 0.6) is 5.75 Å². The molecule has 0 aromatic heterocycles. The zero-order valence-electron chi connectivity index (χ0n) is 9.94. The molecule has 0 aliphatic carbocycles. The van der Waals surface area contributed by atoms with Gasteiger partial charge in [0.2, 0.25) is 0 Å². The second-order valence-corrected chi connectivity index (χ2v) is 4.10. The number of carbonyl (C=O) groups is 1.